The van der Waals surface area contributed by atoms with E-state index >= 15 is 0 Å². The maximum Gasteiger partial charge on any atom is 0.231 e. The van der Waals surface area contributed by atoms with Crippen LogP contribution in [0.25, 0.3) is 0 Å². The molecule has 0 spiro atoms. The Morgan fingerprint density at radius 2 is 2.05 bits per heavy atom. The van der Waals surface area contributed by atoms with Gasteiger partial charge in [-0.25, -0.2) is 0 Å². The minimum Gasteiger partial charge on any atom is -0.384 e. The molecule has 2 aliphatic heterocycles. The highest BCUT2D eigenvalue weighted by molar-refractivity contribution is 5.83. The summed E-state index contributed by atoms with van der Waals surface area (Å²) in [6, 6.07) is 0.290. The van der Waals surface area contributed by atoms with E-state index in [1.807, 2.05) is 0 Å². The molecule has 1 N–H and O–H groups in total. The predicted octanol–water partition coefficient (Wildman–Crippen LogP) is 0.555. The molecule has 0 saturated carbocycles. The number of nitrogens with one attached hydrogen (secondary N) is 1. The van der Waals surface area contributed by atoms with Crippen LogP contribution in [0.1, 0.15) is 26.2 Å². The minimum atomic E-state index is -0.308. The summed E-state index contributed by atoms with van der Waals surface area (Å²) in [7, 11) is 3.84. The molecule has 1 atom stereocenters. The van der Waals surface area contributed by atoms with Gasteiger partial charge in [0.15, 0.2) is 0 Å². The van der Waals surface area contributed by atoms with Crippen LogP contribution in [0.15, 0.2) is 0 Å². The minimum absolute atomic E-state index is 0.290. The summed E-state index contributed by atoms with van der Waals surface area (Å²) >= 11 is 0. The van der Waals surface area contributed by atoms with Crippen molar-refractivity contribution in [1.29, 1.82) is 0 Å². The van der Waals surface area contributed by atoms with Crippen LogP contribution < -0.4 is 5.32 Å². The Labute approximate surface area is 122 Å². The molecule has 2 saturated heterocycles. The van der Waals surface area contributed by atoms with Crippen molar-refractivity contribution in [2.45, 2.75) is 32.2 Å². The lowest BCUT2D eigenvalue weighted by Crippen LogP contribution is -2.54. The Kier molecular flexibility index (Phi) is 5.41. The number of nitrogens with zero attached hydrogens (tertiary/aromatic N) is 2. The number of amides is 1. The number of hydrogen-bond donors (Lipinski definition) is 1. The molecule has 0 aliphatic carbocycles. The molecule has 2 rings (SSSR count). The number of hydrogen-bond acceptors (Lipinski definition) is 4. The second-order valence-corrected chi connectivity index (χ2v) is 6.43. The summed E-state index contributed by atoms with van der Waals surface area (Å²) in [5.74, 6) is 0.309. The highest BCUT2D eigenvalue weighted by atomic mass is 16.5. The van der Waals surface area contributed by atoms with Crippen molar-refractivity contribution >= 4 is 5.91 Å². The topological polar surface area (TPSA) is 44.8 Å². The summed E-state index contributed by atoms with van der Waals surface area (Å²) in [5.41, 5.74) is -0.308. The second kappa shape index (κ2) is 6.87. The summed E-state index contributed by atoms with van der Waals surface area (Å²) in [4.78, 5) is 17.6. The van der Waals surface area contributed by atoms with Gasteiger partial charge < -0.3 is 19.9 Å². The molecule has 0 aromatic rings. The molecule has 0 aromatic carbocycles. The van der Waals surface area contributed by atoms with Gasteiger partial charge in [-0.1, -0.05) is 0 Å². The molecule has 0 aromatic heterocycles. The number of rotatable bonds is 3. The van der Waals surface area contributed by atoms with Gasteiger partial charge in [0.2, 0.25) is 5.91 Å². The standard InChI is InChI=1S/C15H29N3O2/c1-13-11-17(2)9-4-10-18(13)14(19)15(12-20-3)5-7-16-8-6-15/h13,16H,4-12H2,1-3H3. The van der Waals surface area contributed by atoms with E-state index in [-0.39, 0.29) is 5.41 Å². The zero-order chi connectivity index (χ0) is 14.6. The highest BCUT2D eigenvalue weighted by Crippen LogP contribution is 2.32. The molecule has 0 bridgehead atoms. The van der Waals surface area contributed by atoms with Crippen molar-refractivity contribution in [2.24, 2.45) is 5.41 Å². The third-order valence-electron chi connectivity index (χ3n) is 4.74. The number of piperidine rings is 1. The van der Waals surface area contributed by atoms with Crippen molar-refractivity contribution in [3.05, 3.63) is 0 Å². The van der Waals surface area contributed by atoms with E-state index in [1.54, 1.807) is 7.11 Å². The van der Waals surface area contributed by atoms with E-state index < -0.39 is 0 Å². The first-order chi connectivity index (χ1) is 9.59. The largest absolute Gasteiger partial charge is 0.384 e. The van der Waals surface area contributed by atoms with Crippen molar-refractivity contribution < 1.29 is 9.53 Å². The van der Waals surface area contributed by atoms with Crippen molar-refractivity contribution in [1.82, 2.24) is 15.1 Å². The fraction of sp³-hybridized carbons (Fsp3) is 0.933. The maximum absolute atomic E-state index is 13.1. The molecule has 1 unspecified atom stereocenters. The lowest BCUT2D eigenvalue weighted by molar-refractivity contribution is -0.149. The molecule has 5 heteroatoms. The normalized spacial score (nSPS) is 28.1. The smallest absolute Gasteiger partial charge is 0.231 e. The van der Waals surface area contributed by atoms with Crippen LogP contribution in [-0.2, 0) is 9.53 Å². The fourth-order valence-corrected chi connectivity index (χ4v) is 3.58. The third kappa shape index (κ3) is 3.32. The van der Waals surface area contributed by atoms with Crippen LogP contribution >= 0.6 is 0 Å². The van der Waals surface area contributed by atoms with Gasteiger partial charge in [-0.2, -0.15) is 0 Å². The van der Waals surface area contributed by atoms with E-state index in [0.29, 0.717) is 18.6 Å². The first-order valence-corrected chi connectivity index (χ1v) is 7.78. The molecule has 2 aliphatic rings. The predicted molar refractivity (Wildman–Crippen MR) is 79.7 cm³/mol. The van der Waals surface area contributed by atoms with Gasteiger partial charge in [-0.15, -0.1) is 0 Å². The quantitative estimate of drug-likeness (QED) is 0.822. The molecule has 20 heavy (non-hydrogen) atoms. The third-order valence-corrected chi connectivity index (χ3v) is 4.74. The van der Waals surface area contributed by atoms with Crippen molar-refractivity contribution in [2.75, 3.05) is 53.5 Å². The SMILES string of the molecule is COCC1(C(=O)N2CCCN(C)CC2C)CCNCC1. The Hall–Kier alpha value is -0.650. The highest BCUT2D eigenvalue weighted by Gasteiger charge is 2.43. The van der Waals surface area contributed by atoms with Crippen LogP contribution in [0.3, 0.4) is 0 Å². The summed E-state index contributed by atoms with van der Waals surface area (Å²) in [5, 5.41) is 3.35. The zero-order valence-electron chi connectivity index (χ0n) is 13.2. The monoisotopic (exact) mass is 283 g/mol. The van der Waals surface area contributed by atoms with E-state index in [0.717, 1.165) is 52.0 Å². The van der Waals surface area contributed by atoms with Crippen molar-refractivity contribution in [3.63, 3.8) is 0 Å². The van der Waals surface area contributed by atoms with Gasteiger partial charge >= 0.3 is 0 Å². The lowest BCUT2D eigenvalue weighted by Gasteiger charge is -2.41. The number of methoxy groups -OCH3 is 1. The molecular weight excluding hydrogens is 254 g/mol. The van der Waals surface area contributed by atoms with Gasteiger partial charge in [-0.05, 0) is 52.9 Å². The van der Waals surface area contributed by atoms with Crippen LogP contribution in [-0.4, -0.2) is 75.2 Å². The zero-order valence-corrected chi connectivity index (χ0v) is 13.2. The fourth-order valence-electron chi connectivity index (χ4n) is 3.58. The molecule has 116 valence electrons. The summed E-state index contributed by atoms with van der Waals surface area (Å²) in [6.45, 7) is 7.46. The van der Waals surface area contributed by atoms with Crippen LogP contribution in [0, 0.1) is 5.41 Å². The van der Waals surface area contributed by atoms with Crippen LogP contribution in [0.5, 0.6) is 0 Å². The average molecular weight is 283 g/mol. The van der Waals surface area contributed by atoms with E-state index in [4.69, 9.17) is 4.74 Å². The number of ether oxygens (including phenoxy) is 1. The Morgan fingerprint density at radius 3 is 2.70 bits per heavy atom. The van der Waals surface area contributed by atoms with E-state index in [2.05, 4.69) is 29.1 Å². The first-order valence-electron chi connectivity index (χ1n) is 7.78. The lowest BCUT2D eigenvalue weighted by atomic mass is 9.78. The molecule has 2 heterocycles. The molecule has 2 fully saturated rings. The Morgan fingerprint density at radius 1 is 1.35 bits per heavy atom. The van der Waals surface area contributed by atoms with E-state index in [9.17, 15) is 4.79 Å². The molecule has 5 nitrogen and oxygen atoms in total. The van der Waals surface area contributed by atoms with Gasteiger partial charge in [0, 0.05) is 26.2 Å². The van der Waals surface area contributed by atoms with Gasteiger partial charge in [0.05, 0.1) is 12.0 Å². The summed E-state index contributed by atoms with van der Waals surface area (Å²) < 4.78 is 5.40. The van der Waals surface area contributed by atoms with Crippen molar-refractivity contribution in [3.8, 4) is 0 Å². The van der Waals surface area contributed by atoms with Crippen LogP contribution in [0.4, 0.5) is 0 Å². The van der Waals surface area contributed by atoms with Gasteiger partial charge in [-0.3, -0.25) is 4.79 Å². The maximum atomic E-state index is 13.1. The number of likely N-dealkylation sites (N-methyl/N-ethyl adjacent to an activating group) is 1. The Balaban J connectivity index is 2.13. The van der Waals surface area contributed by atoms with E-state index in [1.165, 1.54) is 0 Å². The van der Waals surface area contributed by atoms with Gasteiger partial charge in [0.1, 0.15) is 0 Å². The molecule has 1 amide bonds. The van der Waals surface area contributed by atoms with Crippen LogP contribution in [0.2, 0.25) is 0 Å². The Bertz CT molecular complexity index is 324. The summed E-state index contributed by atoms with van der Waals surface area (Å²) in [6.07, 6.45) is 2.84. The molecular formula is C15H29N3O2. The molecule has 0 radical (unpaired) electrons. The van der Waals surface area contributed by atoms with Gasteiger partial charge in [0.25, 0.3) is 0 Å². The first kappa shape index (κ1) is 15.7. The second-order valence-electron chi connectivity index (χ2n) is 6.43. The number of carbonyl (C=O) groups is 1. The number of carbonyl (C=O) groups excluding carboxylic acids is 1. The average Bonchev–Trinajstić information content (AvgIpc) is 2.60.